The number of hydrogen-bond acceptors (Lipinski definition) is 4. The maximum atomic E-state index is 12.6. The van der Waals surface area contributed by atoms with Gasteiger partial charge in [0.25, 0.3) is 5.91 Å². The minimum absolute atomic E-state index is 0.0703. The molecular formula is C19H21BrN2O2S2. The first-order chi connectivity index (χ1) is 12.5. The van der Waals surface area contributed by atoms with Crippen molar-refractivity contribution in [3.63, 3.8) is 0 Å². The molecule has 1 aliphatic heterocycles. The number of halogens is 1. The molecule has 7 heteroatoms. The van der Waals surface area contributed by atoms with E-state index in [1.807, 2.05) is 30.3 Å². The molecule has 0 bridgehead atoms. The van der Waals surface area contributed by atoms with Crippen molar-refractivity contribution in [2.75, 3.05) is 6.54 Å². The van der Waals surface area contributed by atoms with E-state index in [0.29, 0.717) is 34.7 Å². The minimum Gasteiger partial charge on any atom is -0.353 e. The lowest BCUT2D eigenvalue weighted by Gasteiger charge is -2.15. The van der Waals surface area contributed by atoms with Crippen molar-refractivity contribution in [2.45, 2.75) is 44.6 Å². The molecule has 4 nitrogen and oxygen atoms in total. The van der Waals surface area contributed by atoms with Gasteiger partial charge < -0.3 is 5.32 Å². The van der Waals surface area contributed by atoms with Crippen LogP contribution in [0, 0.1) is 0 Å². The van der Waals surface area contributed by atoms with E-state index in [2.05, 4.69) is 21.2 Å². The molecule has 0 atom stereocenters. The highest BCUT2D eigenvalue weighted by Crippen LogP contribution is 2.32. The Bertz CT molecular complexity index is 728. The number of thiocarbonyl (C=S) groups is 1. The van der Waals surface area contributed by atoms with Crippen molar-refractivity contribution >= 4 is 62.1 Å². The Morgan fingerprint density at radius 1 is 1.31 bits per heavy atom. The van der Waals surface area contributed by atoms with Crippen LogP contribution in [0.5, 0.6) is 0 Å². The van der Waals surface area contributed by atoms with Crippen molar-refractivity contribution in [3.05, 3.63) is 39.2 Å². The Morgan fingerprint density at radius 2 is 2.00 bits per heavy atom. The molecule has 3 rings (SSSR count). The first-order valence-corrected chi connectivity index (χ1v) is 10.8. The Kier molecular flexibility index (Phi) is 6.89. The van der Waals surface area contributed by atoms with Crippen molar-refractivity contribution in [2.24, 2.45) is 0 Å². The zero-order chi connectivity index (χ0) is 18.5. The highest BCUT2D eigenvalue weighted by Gasteiger charge is 2.31. The molecule has 1 aromatic carbocycles. The number of amides is 2. The van der Waals surface area contributed by atoms with E-state index >= 15 is 0 Å². The van der Waals surface area contributed by atoms with Crippen LogP contribution in [0.1, 0.15) is 44.1 Å². The summed E-state index contributed by atoms with van der Waals surface area (Å²) in [5, 5.41) is 3.08. The molecule has 2 fully saturated rings. The fourth-order valence-corrected chi connectivity index (χ4v) is 4.74. The van der Waals surface area contributed by atoms with E-state index in [9.17, 15) is 9.59 Å². The van der Waals surface area contributed by atoms with Gasteiger partial charge in [0.1, 0.15) is 4.32 Å². The summed E-state index contributed by atoms with van der Waals surface area (Å²) in [6.45, 7) is 0.487. The van der Waals surface area contributed by atoms with Crippen molar-refractivity contribution in [3.8, 4) is 0 Å². The largest absolute Gasteiger partial charge is 0.353 e. The van der Waals surface area contributed by atoms with Crippen LogP contribution in [0.4, 0.5) is 0 Å². The number of nitrogens with zero attached hydrogens (tertiary/aromatic N) is 1. The summed E-state index contributed by atoms with van der Waals surface area (Å²) in [5.41, 5.74) is 0.963. The number of hydrogen-bond donors (Lipinski definition) is 1. The Balaban J connectivity index is 1.50. The molecule has 26 heavy (non-hydrogen) atoms. The van der Waals surface area contributed by atoms with Gasteiger partial charge in [0.15, 0.2) is 0 Å². The van der Waals surface area contributed by atoms with Crippen LogP contribution in [0.3, 0.4) is 0 Å². The summed E-state index contributed by atoms with van der Waals surface area (Å²) in [5.74, 6) is 0.00636. The van der Waals surface area contributed by atoms with Gasteiger partial charge in [-0.3, -0.25) is 14.5 Å². The van der Waals surface area contributed by atoms with Gasteiger partial charge in [-0.05, 0) is 43.0 Å². The number of thioether (sulfide) groups is 1. The van der Waals surface area contributed by atoms with Crippen LogP contribution in [-0.2, 0) is 9.59 Å². The second-order valence-electron chi connectivity index (χ2n) is 6.54. The van der Waals surface area contributed by atoms with E-state index in [0.717, 1.165) is 22.9 Å². The lowest BCUT2D eigenvalue weighted by Crippen LogP contribution is -2.34. The first-order valence-electron chi connectivity index (χ1n) is 8.83. The molecule has 1 saturated heterocycles. The van der Waals surface area contributed by atoms with Crippen LogP contribution in [-0.4, -0.2) is 33.6 Å². The number of rotatable bonds is 6. The number of carbonyl (C=O) groups excluding carboxylic acids is 2. The highest BCUT2D eigenvalue weighted by atomic mass is 79.9. The molecule has 0 unspecified atom stereocenters. The van der Waals surface area contributed by atoms with Crippen molar-refractivity contribution in [1.29, 1.82) is 0 Å². The SMILES string of the molecule is O=C(CCCN1C(=O)/C(=C/c2ccc(Br)cc2)SC1=S)NC1CCCC1. The Labute approximate surface area is 171 Å². The maximum absolute atomic E-state index is 12.6. The predicted octanol–water partition coefficient (Wildman–Crippen LogP) is 4.49. The smallest absolute Gasteiger partial charge is 0.266 e. The molecule has 1 saturated carbocycles. The monoisotopic (exact) mass is 452 g/mol. The molecule has 1 N–H and O–H groups in total. The topological polar surface area (TPSA) is 49.4 Å². The number of carbonyl (C=O) groups is 2. The maximum Gasteiger partial charge on any atom is 0.266 e. The van der Waals surface area contributed by atoms with E-state index < -0.39 is 0 Å². The summed E-state index contributed by atoms with van der Waals surface area (Å²) in [7, 11) is 0. The zero-order valence-corrected chi connectivity index (χ0v) is 17.6. The molecule has 2 aliphatic rings. The summed E-state index contributed by atoms with van der Waals surface area (Å²) in [6.07, 6.45) is 7.48. The van der Waals surface area contributed by atoms with Gasteiger partial charge in [-0.25, -0.2) is 0 Å². The minimum atomic E-state index is -0.0703. The average Bonchev–Trinajstić information content (AvgIpc) is 3.20. The summed E-state index contributed by atoms with van der Waals surface area (Å²) < 4.78 is 1.56. The average molecular weight is 453 g/mol. The second kappa shape index (κ2) is 9.15. The van der Waals surface area contributed by atoms with Crippen molar-refractivity contribution < 1.29 is 9.59 Å². The third-order valence-corrected chi connectivity index (χ3v) is 6.45. The molecular weight excluding hydrogens is 432 g/mol. The summed E-state index contributed by atoms with van der Waals surface area (Å²) in [4.78, 5) is 26.8. The molecule has 2 amide bonds. The van der Waals surface area contributed by atoms with E-state index in [-0.39, 0.29) is 11.8 Å². The molecule has 1 aliphatic carbocycles. The van der Waals surface area contributed by atoms with E-state index in [1.54, 1.807) is 4.90 Å². The molecule has 1 heterocycles. The number of benzene rings is 1. The molecule has 0 spiro atoms. The fourth-order valence-electron chi connectivity index (χ4n) is 3.17. The van der Waals surface area contributed by atoms with Gasteiger partial charge in [-0.2, -0.15) is 0 Å². The quantitative estimate of drug-likeness (QED) is 0.510. The normalized spacial score (nSPS) is 19.6. The number of nitrogens with one attached hydrogen (secondary N) is 1. The van der Waals surface area contributed by atoms with Gasteiger partial charge in [0.05, 0.1) is 4.91 Å². The van der Waals surface area contributed by atoms with Gasteiger partial charge >= 0.3 is 0 Å². The second-order valence-corrected chi connectivity index (χ2v) is 9.13. The molecule has 0 radical (unpaired) electrons. The molecule has 138 valence electrons. The Morgan fingerprint density at radius 3 is 2.69 bits per heavy atom. The molecule has 1 aromatic rings. The third-order valence-electron chi connectivity index (χ3n) is 4.55. The van der Waals surface area contributed by atoms with Crippen LogP contribution >= 0.6 is 39.9 Å². The summed E-state index contributed by atoms with van der Waals surface area (Å²) in [6, 6.07) is 8.12. The predicted molar refractivity (Wildman–Crippen MR) is 114 cm³/mol. The molecule has 0 aromatic heterocycles. The lowest BCUT2D eigenvalue weighted by molar-refractivity contribution is -0.124. The van der Waals surface area contributed by atoms with E-state index in [4.69, 9.17) is 12.2 Å². The zero-order valence-electron chi connectivity index (χ0n) is 14.4. The van der Waals surface area contributed by atoms with Crippen LogP contribution in [0.15, 0.2) is 33.6 Å². The van der Waals surface area contributed by atoms with Crippen LogP contribution < -0.4 is 5.32 Å². The standard InChI is InChI=1S/C19H21BrN2O2S2/c20-14-9-7-13(8-10-14)12-16-18(24)22(19(25)26-16)11-3-6-17(23)21-15-4-1-2-5-15/h7-10,12,15H,1-6,11H2,(H,21,23)/b16-12-. The van der Waals surface area contributed by atoms with E-state index in [1.165, 1.54) is 24.6 Å². The van der Waals surface area contributed by atoms with Crippen molar-refractivity contribution in [1.82, 2.24) is 10.2 Å². The van der Waals surface area contributed by atoms with Gasteiger partial charge in [-0.1, -0.05) is 64.9 Å². The Hall–Kier alpha value is -1.18. The summed E-state index contributed by atoms with van der Waals surface area (Å²) >= 11 is 10.1. The lowest BCUT2D eigenvalue weighted by atomic mass is 10.2. The van der Waals surface area contributed by atoms with Crippen LogP contribution in [0.2, 0.25) is 0 Å². The third kappa shape index (κ3) is 5.18. The fraction of sp³-hybridized carbons (Fsp3) is 0.421. The highest BCUT2D eigenvalue weighted by molar-refractivity contribution is 9.10. The van der Waals surface area contributed by atoms with Gasteiger partial charge in [-0.15, -0.1) is 0 Å². The first kappa shape index (κ1) is 19.6. The van der Waals surface area contributed by atoms with Gasteiger partial charge in [0, 0.05) is 23.5 Å². The van der Waals surface area contributed by atoms with Crippen LogP contribution in [0.25, 0.3) is 6.08 Å². The van der Waals surface area contributed by atoms with Gasteiger partial charge in [0.2, 0.25) is 5.91 Å².